The van der Waals surface area contributed by atoms with Crippen LogP contribution in [0, 0.1) is 0 Å². The van der Waals surface area contributed by atoms with Crippen molar-refractivity contribution in [3.63, 3.8) is 0 Å². The first-order chi connectivity index (χ1) is 14.8. The van der Waals surface area contributed by atoms with Crippen molar-refractivity contribution in [3.8, 4) is 11.5 Å². The van der Waals surface area contributed by atoms with Crippen molar-refractivity contribution in [1.29, 1.82) is 0 Å². The van der Waals surface area contributed by atoms with Gasteiger partial charge in [0.2, 0.25) is 0 Å². The van der Waals surface area contributed by atoms with Crippen LogP contribution in [-0.4, -0.2) is 38.7 Å². The van der Waals surface area contributed by atoms with Crippen LogP contribution in [0.4, 0.5) is 11.6 Å². The smallest absolute Gasteiger partial charge is 0.327 e. The van der Waals surface area contributed by atoms with E-state index in [4.69, 9.17) is 4.74 Å². The number of phenolic OH excluding ortho intramolecular Hbond substituents is 1. The quantitative estimate of drug-likeness (QED) is 0.397. The molecule has 31 heavy (non-hydrogen) atoms. The number of hydrogen-bond donors (Lipinski definition) is 5. The van der Waals surface area contributed by atoms with Gasteiger partial charge in [0.25, 0.3) is 11.1 Å². The molecule has 4 rings (SSSR count). The lowest BCUT2D eigenvalue weighted by Crippen LogP contribution is -2.42. The maximum Gasteiger partial charge on any atom is 0.327 e. The lowest BCUT2D eigenvalue weighted by atomic mass is 9.83. The van der Waals surface area contributed by atoms with Gasteiger partial charge in [-0.15, -0.1) is 0 Å². The first kappa shape index (κ1) is 20.3. The molecule has 1 aliphatic heterocycles. The zero-order chi connectivity index (χ0) is 22.3. The minimum atomic E-state index is -0.958. The van der Waals surface area contributed by atoms with E-state index < -0.39 is 28.4 Å². The summed E-state index contributed by atoms with van der Waals surface area (Å²) in [4.78, 5) is 61.2. The van der Waals surface area contributed by atoms with E-state index in [2.05, 4.69) is 19.9 Å². The van der Waals surface area contributed by atoms with Crippen LogP contribution in [0.2, 0.25) is 0 Å². The molecular weight excluding hydrogens is 406 g/mol. The van der Waals surface area contributed by atoms with Gasteiger partial charge in [0, 0.05) is 6.54 Å². The molecule has 0 radical (unpaired) electrons. The lowest BCUT2D eigenvalue weighted by molar-refractivity contribution is 0.373. The third-order valence-corrected chi connectivity index (χ3v) is 5.31. The molecule has 0 atom stereocenters. The fourth-order valence-electron chi connectivity index (χ4n) is 3.95. The van der Waals surface area contributed by atoms with Crippen LogP contribution in [0.25, 0.3) is 0 Å². The molecule has 0 saturated carbocycles. The third kappa shape index (κ3) is 3.33. The summed E-state index contributed by atoms with van der Waals surface area (Å²) in [7, 11) is 1.40. The molecule has 11 nitrogen and oxygen atoms in total. The maximum absolute atomic E-state index is 12.9. The highest BCUT2D eigenvalue weighted by molar-refractivity contribution is 5.72. The summed E-state index contributed by atoms with van der Waals surface area (Å²) in [5.74, 6) is -0.540. The molecular formula is C20H21N5O6. The molecule has 0 saturated heterocycles. The number of fused-ring (bicyclic) bond motifs is 2. The number of methoxy groups -OCH3 is 1. The molecule has 3 heterocycles. The number of unbranched alkanes of at least 4 members (excludes halogenated alkanes) is 1. The maximum atomic E-state index is 12.9. The molecule has 162 valence electrons. The van der Waals surface area contributed by atoms with Gasteiger partial charge in [-0.3, -0.25) is 29.5 Å². The molecule has 0 aliphatic carbocycles. The Morgan fingerprint density at radius 2 is 1.55 bits per heavy atom. The summed E-state index contributed by atoms with van der Waals surface area (Å²) in [6.07, 6.45) is 1.48. The van der Waals surface area contributed by atoms with Crippen LogP contribution in [0.15, 0.2) is 37.4 Å². The molecule has 0 unspecified atom stereocenters. The van der Waals surface area contributed by atoms with E-state index >= 15 is 0 Å². The van der Waals surface area contributed by atoms with Gasteiger partial charge in [-0.1, -0.05) is 19.4 Å². The molecule has 2 aromatic heterocycles. The summed E-state index contributed by atoms with van der Waals surface area (Å²) in [6, 6.07) is 4.49. The average molecular weight is 427 g/mol. The molecule has 0 fully saturated rings. The number of nitrogens with one attached hydrogen (secondary N) is 4. The number of rotatable bonds is 5. The Bertz CT molecular complexity index is 1310. The zero-order valence-corrected chi connectivity index (χ0v) is 16.9. The first-order valence-electron chi connectivity index (χ1n) is 9.73. The minimum absolute atomic E-state index is 0.130. The van der Waals surface area contributed by atoms with Gasteiger partial charge in [-0.05, 0) is 24.1 Å². The van der Waals surface area contributed by atoms with Gasteiger partial charge >= 0.3 is 11.4 Å². The molecule has 1 aliphatic rings. The van der Waals surface area contributed by atoms with Crippen molar-refractivity contribution in [3.05, 3.63) is 76.6 Å². The molecule has 5 N–H and O–H groups in total. The fourth-order valence-corrected chi connectivity index (χ4v) is 3.95. The van der Waals surface area contributed by atoms with Gasteiger partial charge in [0.1, 0.15) is 11.6 Å². The summed E-state index contributed by atoms with van der Waals surface area (Å²) >= 11 is 0. The number of hydrogen-bond acceptors (Lipinski definition) is 7. The Labute approximate surface area is 174 Å². The largest absolute Gasteiger partial charge is 0.504 e. The Morgan fingerprint density at radius 1 is 0.968 bits per heavy atom. The van der Waals surface area contributed by atoms with Gasteiger partial charge in [0.15, 0.2) is 11.5 Å². The standard InChI is InChI=1S/C20H21N5O6/c1-3-4-7-25-15-13(17(27)23-19(29)21-15)12(9-5-6-11(31-2)10(26)8-9)14-16(25)22-20(30)24-18(14)28/h5-6,8,12,26H,3-4,7H2,1-2H3,(H2,21,23,27,29)(H2,22,24,28,30). The molecule has 0 amide bonds. The SMILES string of the molecule is CCCCN1c2[nH]c(=O)[nH]c(=O)c2C(c2ccc(OC)c(O)c2)c2c1[nH]c(=O)[nH]c2=O. The number of ether oxygens (including phenoxy) is 1. The predicted octanol–water partition coefficient (Wildman–Crippen LogP) is 0.586. The molecule has 1 aromatic carbocycles. The van der Waals surface area contributed by atoms with E-state index in [1.165, 1.54) is 19.2 Å². The number of anilines is 2. The number of H-pyrrole nitrogens is 4. The van der Waals surface area contributed by atoms with Crippen molar-refractivity contribution in [2.45, 2.75) is 25.7 Å². The van der Waals surface area contributed by atoms with Crippen molar-refractivity contribution in [1.82, 2.24) is 19.9 Å². The summed E-state index contributed by atoms with van der Waals surface area (Å²) in [5, 5.41) is 10.3. The summed E-state index contributed by atoms with van der Waals surface area (Å²) in [5.41, 5.74) is -2.09. The van der Waals surface area contributed by atoms with Crippen molar-refractivity contribution in [2.24, 2.45) is 0 Å². The van der Waals surface area contributed by atoms with Crippen LogP contribution in [0.3, 0.4) is 0 Å². The monoisotopic (exact) mass is 427 g/mol. The second-order valence-corrected chi connectivity index (χ2v) is 7.21. The molecule has 0 bridgehead atoms. The topological polar surface area (TPSA) is 164 Å². The number of benzene rings is 1. The number of aromatic hydroxyl groups is 1. The average Bonchev–Trinajstić information content (AvgIpc) is 2.71. The highest BCUT2D eigenvalue weighted by atomic mass is 16.5. The van der Waals surface area contributed by atoms with E-state index in [-0.39, 0.29) is 34.3 Å². The molecule has 11 heteroatoms. The van der Waals surface area contributed by atoms with Gasteiger partial charge in [-0.25, -0.2) is 9.59 Å². The van der Waals surface area contributed by atoms with Gasteiger partial charge in [-0.2, -0.15) is 0 Å². The van der Waals surface area contributed by atoms with E-state index in [9.17, 15) is 24.3 Å². The number of aromatic amines is 4. The van der Waals surface area contributed by atoms with Crippen LogP contribution in [-0.2, 0) is 0 Å². The highest BCUT2D eigenvalue weighted by Gasteiger charge is 2.38. The number of aromatic nitrogens is 4. The number of nitrogens with zero attached hydrogens (tertiary/aromatic N) is 1. The van der Waals surface area contributed by atoms with Gasteiger partial charge < -0.3 is 14.7 Å². The third-order valence-electron chi connectivity index (χ3n) is 5.31. The van der Waals surface area contributed by atoms with Crippen molar-refractivity contribution >= 4 is 11.6 Å². The van der Waals surface area contributed by atoms with Crippen molar-refractivity contribution in [2.75, 3.05) is 18.6 Å². The van der Waals surface area contributed by atoms with Crippen LogP contribution < -0.4 is 32.1 Å². The Hall–Kier alpha value is -4.02. The summed E-state index contributed by atoms with van der Waals surface area (Å²) in [6.45, 7) is 2.33. The summed E-state index contributed by atoms with van der Waals surface area (Å²) < 4.78 is 5.08. The van der Waals surface area contributed by atoms with Crippen LogP contribution >= 0.6 is 0 Å². The fraction of sp³-hybridized carbons (Fsp3) is 0.300. The second-order valence-electron chi connectivity index (χ2n) is 7.21. The Morgan fingerprint density at radius 3 is 2.03 bits per heavy atom. The second kappa shape index (κ2) is 7.67. The lowest BCUT2D eigenvalue weighted by Gasteiger charge is -2.35. The van der Waals surface area contributed by atoms with Crippen molar-refractivity contribution < 1.29 is 9.84 Å². The Kier molecular flexibility index (Phi) is 5.01. The highest BCUT2D eigenvalue weighted by Crippen LogP contribution is 2.44. The normalized spacial score (nSPS) is 13.0. The molecule has 0 spiro atoms. The van der Waals surface area contributed by atoms with Crippen LogP contribution in [0.1, 0.15) is 42.4 Å². The minimum Gasteiger partial charge on any atom is -0.504 e. The van der Waals surface area contributed by atoms with E-state index in [1.807, 2.05) is 6.92 Å². The van der Waals surface area contributed by atoms with E-state index in [1.54, 1.807) is 11.0 Å². The van der Waals surface area contributed by atoms with Gasteiger partial charge in [0.05, 0.1) is 24.2 Å². The number of phenols is 1. The predicted molar refractivity (Wildman–Crippen MR) is 113 cm³/mol. The van der Waals surface area contributed by atoms with E-state index in [0.29, 0.717) is 18.5 Å². The van der Waals surface area contributed by atoms with Crippen LogP contribution in [0.5, 0.6) is 11.5 Å². The molecule has 3 aromatic rings. The van der Waals surface area contributed by atoms with E-state index in [0.717, 1.165) is 6.42 Å². The first-order valence-corrected chi connectivity index (χ1v) is 9.73. The zero-order valence-electron chi connectivity index (χ0n) is 16.9. The Balaban J connectivity index is 2.09.